The molecule has 1 aliphatic rings. The third kappa shape index (κ3) is 4.08. The number of furan rings is 1. The van der Waals surface area contributed by atoms with Gasteiger partial charge in [0.2, 0.25) is 11.7 Å². The number of carbonyl (C=O) groups excluding carboxylic acids is 1. The molecular formula is C25H24N4O2S. The van der Waals surface area contributed by atoms with Crippen molar-refractivity contribution in [3.63, 3.8) is 0 Å². The van der Waals surface area contributed by atoms with E-state index in [-0.39, 0.29) is 17.2 Å². The van der Waals surface area contributed by atoms with E-state index < -0.39 is 0 Å². The third-order valence-corrected chi connectivity index (χ3v) is 6.77. The van der Waals surface area contributed by atoms with E-state index in [4.69, 9.17) is 4.42 Å². The highest BCUT2D eigenvalue weighted by molar-refractivity contribution is 8.00. The minimum absolute atomic E-state index is 0.00105. The van der Waals surface area contributed by atoms with Gasteiger partial charge in [0.1, 0.15) is 0 Å². The summed E-state index contributed by atoms with van der Waals surface area (Å²) < 4.78 is 7.50. The maximum Gasteiger partial charge on any atom is 0.233 e. The van der Waals surface area contributed by atoms with Crippen LogP contribution in [0.15, 0.2) is 82.6 Å². The SMILES string of the molecule is C[C@H](Sc1nnc(-c2ccco2)n1-c1ccccc1)C(=O)N[C@@H]1CCCc2ccccc21. The van der Waals surface area contributed by atoms with Crippen LogP contribution in [-0.2, 0) is 11.2 Å². The highest BCUT2D eigenvalue weighted by atomic mass is 32.2. The number of para-hydroxylation sites is 1. The minimum Gasteiger partial charge on any atom is -0.461 e. The minimum atomic E-state index is -0.333. The van der Waals surface area contributed by atoms with E-state index in [1.54, 1.807) is 6.26 Å². The monoisotopic (exact) mass is 444 g/mol. The second kappa shape index (κ2) is 9.04. The molecule has 1 N–H and O–H groups in total. The van der Waals surface area contributed by atoms with Crippen molar-refractivity contribution >= 4 is 17.7 Å². The molecular weight excluding hydrogens is 420 g/mol. The largest absolute Gasteiger partial charge is 0.461 e. The number of nitrogens with one attached hydrogen (secondary N) is 1. The summed E-state index contributed by atoms with van der Waals surface area (Å²) in [6.07, 6.45) is 4.73. The van der Waals surface area contributed by atoms with Gasteiger partial charge in [0.15, 0.2) is 10.9 Å². The number of hydrogen-bond donors (Lipinski definition) is 1. The van der Waals surface area contributed by atoms with Crippen LogP contribution in [-0.4, -0.2) is 25.9 Å². The molecule has 162 valence electrons. The van der Waals surface area contributed by atoms with Gasteiger partial charge >= 0.3 is 0 Å². The molecule has 2 atom stereocenters. The van der Waals surface area contributed by atoms with Crippen molar-refractivity contribution in [3.8, 4) is 17.3 Å². The Hall–Kier alpha value is -3.32. The molecule has 0 fully saturated rings. The number of nitrogens with zero attached hydrogens (tertiary/aromatic N) is 3. The number of benzene rings is 2. The van der Waals surface area contributed by atoms with Crippen molar-refractivity contribution in [3.05, 3.63) is 84.1 Å². The van der Waals surface area contributed by atoms with Gasteiger partial charge in [-0.15, -0.1) is 10.2 Å². The van der Waals surface area contributed by atoms with Crippen LogP contribution >= 0.6 is 11.8 Å². The Morgan fingerprint density at radius 3 is 2.72 bits per heavy atom. The Bertz CT molecular complexity index is 1200. The van der Waals surface area contributed by atoms with Crippen LogP contribution in [0, 0.1) is 0 Å². The Labute approximate surface area is 191 Å². The van der Waals surface area contributed by atoms with Gasteiger partial charge < -0.3 is 9.73 Å². The Kier molecular flexibility index (Phi) is 5.81. The number of aromatic nitrogens is 3. The zero-order valence-electron chi connectivity index (χ0n) is 17.8. The molecule has 4 aromatic rings. The van der Waals surface area contributed by atoms with Gasteiger partial charge in [-0.2, -0.15) is 0 Å². The molecule has 32 heavy (non-hydrogen) atoms. The van der Waals surface area contributed by atoms with Gasteiger partial charge in [-0.05, 0) is 61.6 Å². The Morgan fingerprint density at radius 1 is 1.09 bits per heavy atom. The third-order valence-electron chi connectivity index (χ3n) is 5.73. The fraction of sp³-hybridized carbons (Fsp3) is 0.240. The maximum absolute atomic E-state index is 13.1. The van der Waals surface area contributed by atoms with Crippen molar-refractivity contribution in [2.45, 2.75) is 42.6 Å². The number of rotatable bonds is 6. The molecule has 0 unspecified atom stereocenters. The molecule has 0 bridgehead atoms. The van der Waals surface area contributed by atoms with Crippen LogP contribution in [0.4, 0.5) is 0 Å². The summed E-state index contributed by atoms with van der Waals surface area (Å²) in [6.45, 7) is 1.91. The maximum atomic E-state index is 13.1. The van der Waals surface area contributed by atoms with Crippen molar-refractivity contribution in [2.75, 3.05) is 0 Å². The smallest absolute Gasteiger partial charge is 0.233 e. The van der Waals surface area contributed by atoms with Gasteiger partial charge in [0.25, 0.3) is 0 Å². The molecule has 1 aliphatic carbocycles. The summed E-state index contributed by atoms with van der Waals surface area (Å²) in [6, 6.07) is 22.0. The topological polar surface area (TPSA) is 73.0 Å². The second-order valence-corrected chi connectivity index (χ2v) is 9.17. The highest BCUT2D eigenvalue weighted by Gasteiger charge is 2.26. The first kappa shape index (κ1) is 20.6. The van der Waals surface area contributed by atoms with E-state index in [0.29, 0.717) is 16.7 Å². The first-order chi connectivity index (χ1) is 15.7. The quantitative estimate of drug-likeness (QED) is 0.414. The normalized spacial score (nSPS) is 16.3. The molecule has 0 aliphatic heterocycles. The number of thioether (sulfide) groups is 1. The molecule has 5 rings (SSSR count). The van der Waals surface area contributed by atoms with Crippen molar-refractivity contribution in [1.29, 1.82) is 0 Å². The summed E-state index contributed by atoms with van der Waals surface area (Å²) in [5, 5.41) is 12.3. The van der Waals surface area contributed by atoms with Gasteiger partial charge in [0, 0.05) is 5.69 Å². The van der Waals surface area contributed by atoms with Gasteiger partial charge in [0.05, 0.1) is 17.6 Å². The lowest BCUT2D eigenvalue weighted by atomic mass is 9.88. The summed E-state index contributed by atoms with van der Waals surface area (Å²) in [7, 11) is 0. The molecule has 2 heterocycles. The zero-order chi connectivity index (χ0) is 21.9. The first-order valence-electron chi connectivity index (χ1n) is 10.8. The number of hydrogen-bond acceptors (Lipinski definition) is 5. The molecule has 2 aromatic heterocycles. The molecule has 0 saturated heterocycles. The molecule has 0 spiro atoms. The lowest BCUT2D eigenvalue weighted by Crippen LogP contribution is -2.36. The van der Waals surface area contributed by atoms with E-state index >= 15 is 0 Å². The Morgan fingerprint density at radius 2 is 1.91 bits per heavy atom. The molecule has 6 nitrogen and oxygen atoms in total. The lowest BCUT2D eigenvalue weighted by molar-refractivity contribution is -0.121. The van der Waals surface area contributed by atoms with E-state index in [2.05, 4.69) is 33.7 Å². The number of amides is 1. The number of aryl methyl sites for hydroxylation is 1. The van der Waals surface area contributed by atoms with Crippen LogP contribution in [0.3, 0.4) is 0 Å². The van der Waals surface area contributed by atoms with Crippen molar-refractivity contribution in [1.82, 2.24) is 20.1 Å². The van der Waals surface area contributed by atoms with Crippen LogP contribution in [0.1, 0.15) is 36.9 Å². The molecule has 2 aromatic carbocycles. The van der Waals surface area contributed by atoms with Crippen LogP contribution in [0.5, 0.6) is 0 Å². The summed E-state index contributed by atoms with van der Waals surface area (Å²) in [4.78, 5) is 13.1. The van der Waals surface area contributed by atoms with E-state index in [1.807, 2.05) is 60.0 Å². The predicted octanol–water partition coefficient (Wildman–Crippen LogP) is 5.20. The van der Waals surface area contributed by atoms with E-state index in [0.717, 1.165) is 24.9 Å². The van der Waals surface area contributed by atoms with Gasteiger partial charge in [-0.25, -0.2) is 0 Å². The average Bonchev–Trinajstić information content (AvgIpc) is 3.50. The van der Waals surface area contributed by atoms with E-state index in [1.165, 1.54) is 22.9 Å². The lowest BCUT2D eigenvalue weighted by Gasteiger charge is -2.27. The Balaban J connectivity index is 1.38. The van der Waals surface area contributed by atoms with Gasteiger partial charge in [-0.3, -0.25) is 9.36 Å². The molecule has 7 heteroatoms. The van der Waals surface area contributed by atoms with Crippen LogP contribution in [0.2, 0.25) is 0 Å². The summed E-state index contributed by atoms with van der Waals surface area (Å²) in [5.41, 5.74) is 3.48. The average molecular weight is 445 g/mol. The standard InChI is InChI=1S/C25H24N4O2S/c1-17(24(30)26-21-14-7-10-18-9-5-6-13-20(18)21)32-25-28-27-23(22-15-8-16-31-22)29(25)19-11-3-2-4-12-19/h2-6,8-9,11-13,15-17,21H,7,10,14H2,1H3,(H,26,30)/t17-,21+/m0/s1. The fourth-order valence-corrected chi connectivity index (χ4v) is 5.00. The predicted molar refractivity (Wildman–Crippen MR) is 125 cm³/mol. The number of fused-ring (bicyclic) bond motifs is 1. The fourth-order valence-electron chi connectivity index (χ4n) is 4.13. The van der Waals surface area contributed by atoms with Crippen molar-refractivity contribution < 1.29 is 9.21 Å². The second-order valence-electron chi connectivity index (χ2n) is 7.87. The van der Waals surface area contributed by atoms with Crippen molar-refractivity contribution in [2.24, 2.45) is 0 Å². The van der Waals surface area contributed by atoms with Gasteiger partial charge in [-0.1, -0.05) is 54.2 Å². The number of carbonyl (C=O) groups is 1. The highest BCUT2D eigenvalue weighted by Crippen LogP contribution is 2.32. The first-order valence-corrected chi connectivity index (χ1v) is 11.7. The molecule has 1 amide bonds. The molecule has 0 saturated carbocycles. The summed E-state index contributed by atoms with van der Waals surface area (Å²) in [5.74, 6) is 1.24. The van der Waals surface area contributed by atoms with E-state index in [9.17, 15) is 4.79 Å². The molecule has 0 radical (unpaired) electrons. The zero-order valence-corrected chi connectivity index (χ0v) is 18.6. The van der Waals surface area contributed by atoms with Crippen LogP contribution in [0.25, 0.3) is 17.3 Å². The van der Waals surface area contributed by atoms with Crippen LogP contribution < -0.4 is 5.32 Å². The summed E-state index contributed by atoms with van der Waals surface area (Å²) >= 11 is 1.40.